The Morgan fingerprint density at radius 2 is 1.84 bits per heavy atom. The van der Waals surface area contributed by atoms with Gasteiger partial charge < -0.3 is 5.32 Å². The van der Waals surface area contributed by atoms with Gasteiger partial charge in [0.15, 0.2) is 5.16 Å². The molecule has 0 saturated carbocycles. The van der Waals surface area contributed by atoms with Crippen LogP contribution in [-0.4, -0.2) is 21.2 Å². The minimum absolute atomic E-state index is 0.0794. The number of amides is 1. The largest absolute Gasteiger partial charge is 0.325 e. The monoisotopic (exact) mass is 597 g/mol. The smallest absolute Gasteiger partial charge is 0.267 e. The molecule has 194 valence electrons. The molecule has 0 bridgehead atoms. The fourth-order valence-corrected chi connectivity index (χ4v) is 7.19. The Balaban J connectivity index is 1.74. The molecule has 2 aromatic carbocycles. The van der Waals surface area contributed by atoms with Crippen LogP contribution in [0.5, 0.6) is 0 Å². The molecular weight excluding hydrogens is 566 g/mol. The number of carbonyl (C=O) groups is 1. The third-order valence-corrected chi connectivity index (χ3v) is 9.26. The molecule has 0 saturated heterocycles. The summed E-state index contributed by atoms with van der Waals surface area (Å²) in [5.41, 5.74) is 6.91. The molecule has 4 rings (SSSR count). The number of hydrogen-bond donors (Lipinski definition) is 1. The van der Waals surface area contributed by atoms with Gasteiger partial charge in [0, 0.05) is 15.0 Å². The number of aryl methyl sites for hydroxylation is 6. The minimum Gasteiger partial charge on any atom is -0.325 e. The van der Waals surface area contributed by atoms with Crippen LogP contribution in [0, 0.1) is 27.7 Å². The van der Waals surface area contributed by atoms with E-state index >= 15 is 0 Å². The van der Waals surface area contributed by atoms with Gasteiger partial charge in [-0.1, -0.05) is 54.0 Å². The Hall–Kier alpha value is -2.42. The molecular formula is C29H32BrN3O2S2. The van der Waals surface area contributed by atoms with Crippen LogP contribution in [0.15, 0.2) is 44.8 Å². The van der Waals surface area contributed by atoms with Crippen LogP contribution in [-0.2, 0) is 17.6 Å². The first-order chi connectivity index (χ1) is 17.6. The highest BCUT2D eigenvalue weighted by Gasteiger charge is 2.20. The van der Waals surface area contributed by atoms with Crippen LogP contribution in [0.3, 0.4) is 0 Å². The standard InChI is InChI=1S/C29H32BrN3O2S2/c1-7-9-23-19(6)25-27(37-23)32-29(33(28(25)35)22-11-10-16(3)17(4)13-22)36-15-24(34)31-26-18(5)12-21(30)14-20(26)8-2/h10-14H,7-9,15H2,1-6H3,(H,31,34). The molecule has 0 fully saturated rings. The maximum atomic E-state index is 13.9. The number of hydrogen-bond acceptors (Lipinski definition) is 5. The molecule has 0 aliphatic heterocycles. The highest BCUT2D eigenvalue weighted by Crippen LogP contribution is 2.32. The number of anilines is 1. The van der Waals surface area contributed by atoms with Crippen LogP contribution >= 0.6 is 39.0 Å². The van der Waals surface area contributed by atoms with Gasteiger partial charge in [0.2, 0.25) is 5.91 Å². The summed E-state index contributed by atoms with van der Waals surface area (Å²) < 4.78 is 2.67. The van der Waals surface area contributed by atoms with Crippen molar-refractivity contribution in [1.82, 2.24) is 9.55 Å². The van der Waals surface area contributed by atoms with Crippen molar-refractivity contribution in [3.63, 3.8) is 0 Å². The van der Waals surface area contributed by atoms with Crippen molar-refractivity contribution in [1.29, 1.82) is 0 Å². The average Bonchev–Trinajstić information content (AvgIpc) is 3.16. The van der Waals surface area contributed by atoms with E-state index in [0.29, 0.717) is 10.5 Å². The van der Waals surface area contributed by atoms with Gasteiger partial charge in [-0.25, -0.2) is 4.98 Å². The summed E-state index contributed by atoms with van der Waals surface area (Å²) in [5, 5.41) is 4.30. The molecule has 37 heavy (non-hydrogen) atoms. The lowest BCUT2D eigenvalue weighted by Gasteiger charge is -2.15. The molecule has 8 heteroatoms. The highest BCUT2D eigenvalue weighted by atomic mass is 79.9. The zero-order valence-electron chi connectivity index (χ0n) is 22.1. The maximum absolute atomic E-state index is 13.9. The van der Waals surface area contributed by atoms with Crippen molar-refractivity contribution in [2.75, 3.05) is 11.1 Å². The lowest BCUT2D eigenvalue weighted by molar-refractivity contribution is -0.113. The summed E-state index contributed by atoms with van der Waals surface area (Å²) in [6.45, 7) is 12.3. The molecule has 0 unspecified atom stereocenters. The summed E-state index contributed by atoms with van der Waals surface area (Å²) in [6, 6.07) is 10.0. The van der Waals surface area contributed by atoms with E-state index < -0.39 is 0 Å². The van der Waals surface area contributed by atoms with Gasteiger partial charge in [0.1, 0.15) is 4.83 Å². The number of benzene rings is 2. The molecule has 2 heterocycles. The van der Waals surface area contributed by atoms with E-state index in [4.69, 9.17) is 4.98 Å². The van der Waals surface area contributed by atoms with Gasteiger partial charge in [0.05, 0.1) is 16.8 Å². The molecule has 1 N–H and O–H groups in total. The summed E-state index contributed by atoms with van der Waals surface area (Å²) in [5.74, 6) is 0.0216. The lowest BCUT2D eigenvalue weighted by atomic mass is 10.1. The highest BCUT2D eigenvalue weighted by molar-refractivity contribution is 9.10. The van der Waals surface area contributed by atoms with Gasteiger partial charge in [-0.05, 0) is 92.6 Å². The number of aromatic nitrogens is 2. The van der Waals surface area contributed by atoms with Gasteiger partial charge in [-0.2, -0.15) is 0 Å². The summed E-state index contributed by atoms with van der Waals surface area (Å²) in [4.78, 5) is 33.8. The van der Waals surface area contributed by atoms with Crippen LogP contribution in [0.4, 0.5) is 5.69 Å². The van der Waals surface area contributed by atoms with E-state index in [1.807, 2.05) is 51.1 Å². The Morgan fingerprint density at radius 1 is 1.08 bits per heavy atom. The van der Waals surface area contributed by atoms with Gasteiger partial charge >= 0.3 is 0 Å². The first-order valence-corrected chi connectivity index (χ1v) is 15.1. The van der Waals surface area contributed by atoms with Crippen molar-refractivity contribution >= 4 is 60.8 Å². The van der Waals surface area contributed by atoms with Crippen molar-refractivity contribution in [3.8, 4) is 5.69 Å². The third-order valence-electron chi connectivity index (χ3n) is 6.62. The summed E-state index contributed by atoms with van der Waals surface area (Å²) in [6.07, 6.45) is 2.74. The number of rotatable bonds is 8. The Labute approximate surface area is 234 Å². The molecule has 0 spiro atoms. The summed E-state index contributed by atoms with van der Waals surface area (Å²) >= 11 is 6.43. The average molecular weight is 599 g/mol. The number of thioether (sulfide) groups is 1. The SMILES string of the molecule is CCCc1sc2nc(SCC(=O)Nc3c(C)cc(Br)cc3CC)n(-c3ccc(C)c(C)c3)c(=O)c2c1C. The van der Waals surface area contributed by atoms with Crippen molar-refractivity contribution in [2.24, 2.45) is 0 Å². The number of nitrogens with one attached hydrogen (secondary N) is 1. The minimum atomic E-state index is -0.125. The predicted molar refractivity (Wildman–Crippen MR) is 161 cm³/mol. The molecule has 5 nitrogen and oxygen atoms in total. The lowest BCUT2D eigenvalue weighted by Crippen LogP contribution is -2.23. The van der Waals surface area contributed by atoms with E-state index in [-0.39, 0.29) is 17.2 Å². The number of thiophene rings is 1. The zero-order valence-corrected chi connectivity index (χ0v) is 25.3. The Morgan fingerprint density at radius 3 is 2.51 bits per heavy atom. The van der Waals surface area contributed by atoms with E-state index in [1.165, 1.54) is 16.6 Å². The first-order valence-electron chi connectivity index (χ1n) is 12.5. The maximum Gasteiger partial charge on any atom is 0.267 e. The topological polar surface area (TPSA) is 64.0 Å². The van der Waals surface area contributed by atoms with Crippen LogP contribution in [0.2, 0.25) is 0 Å². The molecule has 0 radical (unpaired) electrons. The molecule has 0 atom stereocenters. The molecule has 4 aromatic rings. The van der Waals surface area contributed by atoms with Gasteiger partial charge in [-0.3, -0.25) is 14.2 Å². The second kappa shape index (κ2) is 11.5. The Bertz CT molecular complexity index is 1560. The quantitative estimate of drug-likeness (QED) is 0.167. The van der Waals surface area contributed by atoms with Gasteiger partial charge in [0.25, 0.3) is 5.56 Å². The fourth-order valence-electron chi connectivity index (χ4n) is 4.44. The zero-order chi connectivity index (χ0) is 26.9. The third kappa shape index (κ3) is 5.71. The number of nitrogens with zero attached hydrogens (tertiary/aromatic N) is 2. The van der Waals surface area contributed by atoms with E-state index in [9.17, 15) is 9.59 Å². The van der Waals surface area contributed by atoms with Crippen LogP contribution in [0.1, 0.15) is 53.0 Å². The number of halogens is 1. The Kier molecular flexibility index (Phi) is 8.61. The van der Waals surface area contributed by atoms with E-state index in [0.717, 1.165) is 67.8 Å². The number of carbonyl (C=O) groups excluding carboxylic acids is 1. The van der Waals surface area contributed by atoms with Crippen LogP contribution in [0.25, 0.3) is 15.9 Å². The van der Waals surface area contributed by atoms with Crippen molar-refractivity contribution < 1.29 is 4.79 Å². The number of fused-ring (bicyclic) bond motifs is 1. The van der Waals surface area contributed by atoms with E-state index in [1.54, 1.807) is 15.9 Å². The second-order valence-corrected chi connectivity index (χ2v) is 12.3. The first kappa shape index (κ1) is 27.6. The summed E-state index contributed by atoms with van der Waals surface area (Å²) in [7, 11) is 0. The van der Waals surface area contributed by atoms with Gasteiger partial charge in [-0.15, -0.1) is 11.3 Å². The van der Waals surface area contributed by atoms with E-state index in [2.05, 4.69) is 42.0 Å². The molecule has 0 aliphatic rings. The fraction of sp³-hybridized carbons (Fsp3) is 0.345. The van der Waals surface area contributed by atoms with Crippen molar-refractivity contribution in [2.45, 2.75) is 66.0 Å². The molecule has 0 aliphatic carbocycles. The predicted octanol–water partition coefficient (Wildman–Crippen LogP) is 7.69. The van der Waals surface area contributed by atoms with Crippen LogP contribution < -0.4 is 10.9 Å². The normalized spacial score (nSPS) is 11.3. The molecule has 1 amide bonds. The molecule has 2 aromatic heterocycles. The second-order valence-electron chi connectivity index (χ2n) is 9.33. The van der Waals surface area contributed by atoms with Crippen molar-refractivity contribution in [3.05, 3.63) is 77.9 Å².